The van der Waals surface area contributed by atoms with E-state index in [-0.39, 0.29) is 24.0 Å². The van der Waals surface area contributed by atoms with Gasteiger partial charge in [0.05, 0.1) is 19.7 Å². The fraction of sp³-hybridized carbons (Fsp3) is 0.346. The number of benzene rings is 2. The van der Waals surface area contributed by atoms with E-state index in [9.17, 15) is 4.79 Å². The van der Waals surface area contributed by atoms with Crippen molar-refractivity contribution in [1.29, 1.82) is 0 Å². The van der Waals surface area contributed by atoms with Crippen molar-refractivity contribution in [2.45, 2.75) is 39.3 Å². The second-order valence-electron chi connectivity index (χ2n) is 9.55. The van der Waals surface area contributed by atoms with Crippen LogP contribution in [0, 0.1) is 0 Å². The Morgan fingerprint density at radius 3 is 2.46 bits per heavy atom. The first-order valence-electron chi connectivity index (χ1n) is 11.5. The Kier molecular flexibility index (Phi) is 6.98. The average Bonchev–Trinajstić information content (AvgIpc) is 3.38. The van der Waals surface area contributed by atoms with Gasteiger partial charge in [0.25, 0.3) is 0 Å². The molecule has 0 saturated heterocycles. The molecule has 0 aliphatic carbocycles. The topological polar surface area (TPSA) is 83.8 Å². The minimum Gasteiger partial charge on any atom is -0.497 e. The highest BCUT2D eigenvalue weighted by Gasteiger charge is 2.23. The molecule has 1 atom stereocenters. The number of hydrogen-bond donors (Lipinski definition) is 2. The van der Waals surface area contributed by atoms with Gasteiger partial charge in [0.2, 0.25) is 16.0 Å². The Labute approximate surface area is 209 Å². The lowest BCUT2D eigenvalue weighted by atomic mass is 10.1. The van der Waals surface area contributed by atoms with Gasteiger partial charge in [-0.15, -0.1) is 5.10 Å². The molecule has 0 unspecified atom stereocenters. The van der Waals surface area contributed by atoms with Crippen molar-refractivity contribution < 1.29 is 9.53 Å². The van der Waals surface area contributed by atoms with Crippen LogP contribution >= 0.6 is 11.3 Å². The standard InChI is InChI=1S/C26H32N6O2S/c1-17(18-10-8-7-9-11-18)27-21(33)16-31(5)25-30-32-23(29-26(2,3)4)22(28-24(32)35-25)19-12-14-20(34-6)15-13-19/h7-15,17,29H,16H2,1-6H3,(H,27,33)/t17-/m0/s1. The highest BCUT2D eigenvalue weighted by Crippen LogP contribution is 2.35. The van der Waals surface area contributed by atoms with E-state index < -0.39 is 0 Å². The number of nitrogens with zero attached hydrogens (tertiary/aromatic N) is 4. The normalized spacial score (nSPS) is 12.4. The molecule has 8 nitrogen and oxygen atoms in total. The third-order valence-corrected chi connectivity index (χ3v) is 6.46. The average molecular weight is 493 g/mol. The number of carbonyl (C=O) groups excluding carboxylic acids is 1. The SMILES string of the molecule is COc1ccc(-c2nc3sc(N(C)CC(=O)N[C@@H](C)c4ccccc4)nn3c2NC(C)(C)C)cc1. The third kappa shape index (κ3) is 5.74. The molecule has 184 valence electrons. The van der Waals surface area contributed by atoms with Crippen LogP contribution in [-0.4, -0.2) is 46.7 Å². The number of amides is 1. The minimum atomic E-state index is -0.194. The summed E-state index contributed by atoms with van der Waals surface area (Å²) >= 11 is 1.45. The van der Waals surface area contributed by atoms with Gasteiger partial charge >= 0.3 is 0 Å². The monoisotopic (exact) mass is 492 g/mol. The summed E-state index contributed by atoms with van der Waals surface area (Å²) in [6.45, 7) is 8.47. The Morgan fingerprint density at radius 2 is 1.83 bits per heavy atom. The highest BCUT2D eigenvalue weighted by atomic mass is 32.1. The van der Waals surface area contributed by atoms with Crippen molar-refractivity contribution in [1.82, 2.24) is 19.9 Å². The van der Waals surface area contributed by atoms with Gasteiger partial charge in [-0.1, -0.05) is 41.7 Å². The van der Waals surface area contributed by atoms with Crippen molar-refractivity contribution in [2.75, 3.05) is 30.9 Å². The Morgan fingerprint density at radius 1 is 1.14 bits per heavy atom. The van der Waals surface area contributed by atoms with Crippen LogP contribution in [0.25, 0.3) is 16.2 Å². The molecule has 2 N–H and O–H groups in total. The predicted molar refractivity (Wildman–Crippen MR) is 142 cm³/mol. The Balaban J connectivity index is 1.56. The molecule has 0 fully saturated rings. The summed E-state index contributed by atoms with van der Waals surface area (Å²) < 4.78 is 7.12. The van der Waals surface area contributed by atoms with Crippen molar-refractivity contribution in [3.8, 4) is 17.0 Å². The van der Waals surface area contributed by atoms with Gasteiger partial charge in [-0.3, -0.25) is 4.79 Å². The molecule has 2 aromatic heterocycles. The fourth-order valence-corrected chi connectivity index (χ4v) is 4.57. The van der Waals surface area contributed by atoms with E-state index in [4.69, 9.17) is 14.8 Å². The van der Waals surface area contributed by atoms with Gasteiger partial charge in [-0.25, -0.2) is 4.98 Å². The minimum absolute atomic E-state index is 0.0661. The van der Waals surface area contributed by atoms with Crippen molar-refractivity contribution in [3.05, 3.63) is 60.2 Å². The molecule has 0 bridgehead atoms. The number of rotatable bonds is 8. The van der Waals surface area contributed by atoms with Gasteiger partial charge in [0.1, 0.15) is 11.4 Å². The quantitative estimate of drug-likeness (QED) is 0.361. The largest absolute Gasteiger partial charge is 0.497 e. The van der Waals surface area contributed by atoms with Gasteiger partial charge in [0, 0.05) is 18.2 Å². The predicted octanol–water partition coefficient (Wildman–Crippen LogP) is 4.99. The number of aromatic nitrogens is 3. The first kappa shape index (κ1) is 24.5. The molecule has 0 spiro atoms. The number of ether oxygens (including phenoxy) is 1. The van der Waals surface area contributed by atoms with E-state index in [0.717, 1.165) is 33.3 Å². The molecule has 1 amide bonds. The molecular weight excluding hydrogens is 460 g/mol. The maximum Gasteiger partial charge on any atom is 0.240 e. The maximum absolute atomic E-state index is 12.7. The van der Waals surface area contributed by atoms with Crippen LogP contribution in [0.3, 0.4) is 0 Å². The van der Waals surface area contributed by atoms with E-state index in [1.165, 1.54) is 11.3 Å². The summed E-state index contributed by atoms with van der Waals surface area (Å²) in [5, 5.41) is 12.1. The summed E-state index contributed by atoms with van der Waals surface area (Å²) in [6.07, 6.45) is 0. The molecule has 2 heterocycles. The lowest BCUT2D eigenvalue weighted by Gasteiger charge is -2.22. The van der Waals surface area contributed by atoms with Crippen LogP contribution in [0.4, 0.5) is 10.9 Å². The number of anilines is 2. The summed E-state index contributed by atoms with van der Waals surface area (Å²) in [7, 11) is 3.52. The van der Waals surface area contributed by atoms with Gasteiger partial charge in [-0.2, -0.15) is 4.52 Å². The zero-order valence-electron chi connectivity index (χ0n) is 21.0. The molecule has 0 saturated carbocycles. The second kappa shape index (κ2) is 9.95. The molecule has 35 heavy (non-hydrogen) atoms. The number of nitrogens with one attached hydrogen (secondary N) is 2. The molecule has 0 aliphatic rings. The number of imidazole rings is 1. The van der Waals surface area contributed by atoms with E-state index >= 15 is 0 Å². The van der Waals surface area contributed by atoms with Crippen LogP contribution in [0.1, 0.15) is 39.3 Å². The molecule has 9 heteroatoms. The number of hydrogen-bond acceptors (Lipinski definition) is 7. The van der Waals surface area contributed by atoms with Crippen LogP contribution in [0.15, 0.2) is 54.6 Å². The van der Waals surface area contributed by atoms with Crippen molar-refractivity contribution in [3.63, 3.8) is 0 Å². The molecule has 4 aromatic rings. The molecular formula is C26H32N6O2S. The van der Waals surface area contributed by atoms with Gasteiger partial charge in [-0.05, 0) is 57.5 Å². The first-order chi connectivity index (χ1) is 16.6. The van der Waals surface area contributed by atoms with Gasteiger partial charge in [0.15, 0.2) is 5.82 Å². The van der Waals surface area contributed by atoms with E-state index in [0.29, 0.717) is 5.13 Å². The zero-order chi connectivity index (χ0) is 25.2. The van der Waals surface area contributed by atoms with Crippen LogP contribution < -0.4 is 20.3 Å². The van der Waals surface area contributed by atoms with Crippen LogP contribution in [0.5, 0.6) is 5.75 Å². The second-order valence-corrected chi connectivity index (χ2v) is 10.5. The van der Waals surface area contributed by atoms with Crippen LogP contribution in [-0.2, 0) is 4.79 Å². The number of methoxy groups -OCH3 is 1. The summed E-state index contributed by atoms with van der Waals surface area (Å²) in [4.78, 5) is 20.2. The molecule has 4 rings (SSSR count). The summed E-state index contributed by atoms with van der Waals surface area (Å²) in [5.41, 5.74) is 2.67. The van der Waals surface area contributed by atoms with Gasteiger partial charge < -0.3 is 20.3 Å². The highest BCUT2D eigenvalue weighted by molar-refractivity contribution is 7.20. The molecule has 0 radical (unpaired) electrons. The number of likely N-dealkylation sites (N-methyl/N-ethyl adjacent to an activating group) is 1. The molecule has 2 aromatic carbocycles. The lowest BCUT2D eigenvalue weighted by Crippen LogP contribution is -2.36. The maximum atomic E-state index is 12.7. The zero-order valence-corrected chi connectivity index (χ0v) is 21.8. The van der Waals surface area contributed by atoms with Crippen LogP contribution in [0.2, 0.25) is 0 Å². The molecule has 0 aliphatic heterocycles. The van der Waals surface area contributed by atoms with E-state index in [1.807, 2.05) is 78.0 Å². The first-order valence-corrected chi connectivity index (χ1v) is 12.3. The smallest absolute Gasteiger partial charge is 0.240 e. The van der Waals surface area contributed by atoms with E-state index in [2.05, 4.69) is 31.4 Å². The summed E-state index contributed by atoms with van der Waals surface area (Å²) in [5.74, 6) is 1.54. The Hall–Kier alpha value is -3.59. The number of fused-ring (bicyclic) bond motifs is 1. The Bertz CT molecular complexity index is 1290. The third-order valence-electron chi connectivity index (χ3n) is 5.43. The van der Waals surface area contributed by atoms with E-state index in [1.54, 1.807) is 7.11 Å². The lowest BCUT2D eigenvalue weighted by molar-refractivity contribution is -0.120. The summed E-state index contributed by atoms with van der Waals surface area (Å²) in [6, 6.07) is 17.7. The number of carbonyl (C=O) groups is 1. The van der Waals surface area contributed by atoms with Crippen molar-refractivity contribution in [2.24, 2.45) is 0 Å². The van der Waals surface area contributed by atoms with Crippen molar-refractivity contribution >= 4 is 33.2 Å². The fourth-order valence-electron chi connectivity index (χ4n) is 3.71.